The van der Waals surface area contributed by atoms with Crippen LogP contribution in [0.25, 0.3) is 21.3 Å². The number of carbonyl (C=O) groups excluding carboxylic acids is 1. The molecule has 6 nitrogen and oxygen atoms in total. The maximum atomic E-state index is 12.4. The Bertz CT molecular complexity index is 1160. The lowest BCUT2D eigenvalue weighted by Gasteiger charge is -2.16. The summed E-state index contributed by atoms with van der Waals surface area (Å²) >= 11 is 1.61. The number of hydrogen-bond donors (Lipinski definition) is 2. The van der Waals surface area contributed by atoms with E-state index in [-0.39, 0.29) is 12.5 Å². The van der Waals surface area contributed by atoms with E-state index in [0.717, 1.165) is 32.0 Å². The molecule has 2 heterocycles. The number of hydrogen-bond acceptors (Lipinski definition) is 6. The van der Waals surface area contributed by atoms with Crippen LogP contribution in [0.5, 0.6) is 0 Å². The molecule has 0 unspecified atom stereocenters. The highest BCUT2D eigenvalue weighted by Crippen LogP contribution is 2.30. The van der Waals surface area contributed by atoms with E-state index in [1.165, 1.54) is 4.90 Å². The molecule has 0 aliphatic heterocycles. The molecule has 0 aliphatic rings. The second kappa shape index (κ2) is 9.02. The normalized spacial score (nSPS) is 10.9. The van der Waals surface area contributed by atoms with E-state index >= 15 is 0 Å². The molecule has 2 aromatic carbocycles. The summed E-state index contributed by atoms with van der Waals surface area (Å²) in [6.45, 7) is 0.834. The highest BCUT2D eigenvalue weighted by atomic mass is 32.1. The number of benzene rings is 2. The zero-order valence-electron chi connectivity index (χ0n) is 16.6. The lowest BCUT2D eigenvalue weighted by molar-refractivity contribution is 0.0767. The molecule has 2 N–H and O–H groups in total. The zero-order chi connectivity index (χ0) is 20.9. The van der Waals surface area contributed by atoms with Crippen molar-refractivity contribution >= 4 is 32.6 Å². The van der Waals surface area contributed by atoms with Gasteiger partial charge in [0.2, 0.25) is 0 Å². The molecule has 0 aliphatic carbocycles. The maximum Gasteiger partial charge on any atom is 0.253 e. The van der Waals surface area contributed by atoms with E-state index in [0.29, 0.717) is 18.7 Å². The summed E-state index contributed by atoms with van der Waals surface area (Å²) in [7, 11) is 1.69. The first-order valence-corrected chi connectivity index (χ1v) is 10.5. The lowest BCUT2D eigenvalue weighted by Crippen LogP contribution is -2.29. The average Bonchev–Trinajstić information content (AvgIpc) is 3.20. The monoisotopic (exact) mass is 418 g/mol. The topological polar surface area (TPSA) is 78.4 Å². The Kier molecular flexibility index (Phi) is 6.02. The second-order valence-electron chi connectivity index (χ2n) is 6.94. The first kappa shape index (κ1) is 20.0. The van der Waals surface area contributed by atoms with Crippen molar-refractivity contribution < 1.29 is 9.90 Å². The van der Waals surface area contributed by atoms with E-state index < -0.39 is 0 Å². The van der Waals surface area contributed by atoms with Gasteiger partial charge < -0.3 is 15.3 Å². The highest BCUT2D eigenvalue weighted by molar-refractivity contribution is 7.22. The fourth-order valence-electron chi connectivity index (χ4n) is 3.19. The Balaban J connectivity index is 1.47. The van der Waals surface area contributed by atoms with Gasteiger partial charge in [0.1, 0.15) is 0 Å². The first-order chi connectivity index (χ1) is 14.6. The molecular formula is C23H22N4O2S. The van der Waals surface area contributed by atoms with Crippen molar-refractivity contribution in [3.63, 3.8) is 0 Å². The number of aliphatic hydroxyl groups excluding tert-OH is 1. The third-order valence-corrected chi connectivity index (χ3v) is 5.78. The number of amides is 1. The lowest BCUT2D eigenvalue weighted by atomic mass is 10.1. The Morgan fingerprint density at radius 3 is 2.73 bits per heavy atom. The minimum absolute atomic E-state index is 0.0516. The smallest absolute Gasteiger partial charge is 0.253 e. The van der Waals surface area contributed by atoms with Gasteiger partial charge in [0.25, 0.3) is 5.91 Å². The van der Waals surface area contributed by atoms with Gasteiger partial charge >= 0.3 is 0 Å². The SMILES string of the molecule is CN(CCO)C(=O)c1cccc(CNc2nc3ccc(-c4ccncc4)cc3s2)c1. The number of likely N-dealkylation sites (N-methyl/N-ethyl adjacent to an activating group) is 1. The molecule has 0 saturated heterocycles. The van der Waals surface area contributed by atoms with Crippen molar-refractivity contribution in [3.8, 4) is 11.1 Å². The van der Waals surface area contributed by atoms with Crippen LogP contribution in [-0.4, -0.2) is 46.1 Å². The molecule has 2 aromatic heterocycles. The Morgan fingerprint density at radius 2 is 1.93 bits per heavy atom. The van der Waals surface area contributed by atoms with Crippen LogP contribution >= 0.6 is 11.3 Å². The second-order valence-corrected chi connectivity index (χ2v) is 7.97. The molecular weight excluding hydrogens is 396 g/mol. The van der Waals surface area contributed by atoms with Crippen LogP contribution in [0.2, 0.25) is 0 Å². The first-order valence-electron chi connectivity index (χ1n) is 9.64. The number of aromatic nitrogens is 2. The molecule has 4 rings (SSSR count). The zero-order valence-corrected chi connectivity index (χ0v) is 17.4. The number of aliphatic hydroxyl groups is 1. The third-order valence-electron chi connectivity index (χ3n) is 4.80. The van der Waals surface area contributed by atoms with E-state index in [2.05, 4.69) is 27.4 Å². The number of rotatable bonds is 7. The number of nitrogens with zero attached hydrogens (tertiary/aromatic N) is 3. The molecule has 0 atom stereocenters. The quantitative estimate of drug-likeness (QED) is 0.474. The average molecular weight is 419 g/mol. The molecule has 30 heavy (non-hydrogen) atoms. The van der Waals surface area contributed by atoms with Crippen molar-refractivity contribution in [2.45, 2.75) is 6.54 Å². The van der Waals surface area contributed by atoms with E-state index in [9.17, 15) is 4.79 Å². The van der Waals surface area contributed by atoms with Gasteiger partial charge in [0.15, 0.2) is 5.13 Å². The summed E-state index contributed by atoms with van der Waals surface area (Å²) in [6.07, 6.45) is 3.58. The van der Waals surface area contributed by atoms with Crippen molar-refractivity contribution in [1.29, 1.82) is 0 Å². The van der Waals surface area contributed by atoms with Crippen molar-refractivity contribution in [3.05, 3.63) is 78.1 Å². The van der Waals surface area contributed by atoms with E-state index in [4.69, 9.17) is 5.11 Å². The summed E-state index contributed by atoms with van der Waals surface area (Å²) in [5.41, 5.74) is 4.82. The van der Waals surface area contributed by atoms with Crippen LogP contribution in [0.4, 0.5) is 5.13 Å². The van der Waals surface area contributed by atoms with Crippen LogP contribution in [0.1, 0.15) is 15.9 Å². The third kappa shape index (κ3) is 4.48. The number of anilines is 1. The van der Waals surface area contributed by atoms with Crippen LogP contribution < -0.4 is 5.32 Å². The van der Waals surface area contributed by atoms with E-state index in [1.807, 2.05) is 36.4 Å². The van der Waals surface area contributed by atoms with Crippen LogP contribution in [0, 0.1) is 0 Å². The predicted molar refractivity (Wildman–Crippen MR) is 121 cm³/mol. The summed E-state index contributed by atoms with van der Waals surface area (Å²) < 4.78 is 1.11. The Labute approximate surface area is 178 Å². The fraction of sp³-hybridized carbons (Fsp3) is 0.174. The molecule has 7 heteroatoms. The molecule has 0 bridgehead atoms. The number of thiazole rings is 1. The van der Waals surface area contributed by atoms with Crippen molar-refractivity contribution in [1.82, 2.24) is 14.9 Å². The molecule has 0 radical (unpaired) electrons. The maximum absolute atomic E-state index is 12.4. The number of pyridine rings is 1. The summed E-state index contributed by atoms with van der Waals surface area (Å²) in [6, 6.07) is 17.7. The van der Waals surface area contributed by atoms with Gasteiger partial charge in [-0.25, -0.2) is 4.98 Å². The Morgan fingerprint density at radius 1 is 1.10 bits per heavy atom. The van der Waals surface area contributed by atoms with E-state index in [1.54, 1.807) is 36.8 Å². The predicted octanol–water partition coefficient (Wildman–Crippen LogP) is 4.03. The number of carbonyl (C=O) groups is 1. The van der Waals surface area contributed by atoms with Crippen molar-refractivity contribution in [2.24, 2.45) is 0 Å². The molecule has 0 spiro atoms. The number of fused-ring (bicyclic) bond motifs is 1. The standard InChI is InChI=1S/C23H22N4O2S/c1-27(11-12-28)22(29)19-4-2-3-16(13-19)15-25-23-26-20-6-5-18(14-21(20)30-23)17-7-9-24-10-8-17/h2-10,13-14,28H,11-12,15H2,1H3,(H,25,26). The summed E-state index contributed by atoms with van der Waals surface area (Å²) in [5, 5.41) is 13.2. The minimum Gasteiger partial charge on any atom is -0.395 e. The molecule has 4 aromatic rings. The summed E-state index contributed by atoms with van der Waals surface area (Å²) in [5.74, 6) is -0.102. The van der Waals surface area contributed by atoms with Crippen LogP contribution in [0.3, 0.4) is 0 Å². The van der Waals surface area contributed by atoms with Crippen LogP contribution in [0.15, 0.2) is 67.0 Å². The van der Waals surface area contributed by atoms with Gasteiger partial charge in [-0.05, 0) is 53.1 Å². The van der Waals surface area contributed by atoms with Gasteiger partial charge in [-0.2, -0.15) is 0 Å². The summed E-state index contributed by atoms with van der Waals surface area (Å²) in [4.78, 5) is 22.7. The largest absolute Gasteiger partial charge is 0.395 e. The van der Waals surface area contributed by atoms with Gasteiger partial charge in [0, 0.05) is 38.1 Å². The Hall–Kier alpha value is -3.29. The molecule has 1 amide bonds. The molecule has 152 valence electrons. The van der Waals surface area contributed by atoms with Crippen LogP contribution in [-0.2, 0) is 6.54 Å². The fourth-order valence-corrected chi connectivity index (χ4v) is 4.09. The van der Waals surface area contributed by atoms with Gasteiger partial charge in [0.05, 0.1) is 16.8 Å². The van der Waals surface area contributed by atoms with Gasteiger partial charge in [-0.3, -0.25) is 9.78 Å². The van der Waals surface area contributed by atoms with Gasteiger partial charge in [-0.15, -0.1) is 0 Å². The van der Waals surface area contributed by atoms with Gasteiger partial charge in [-0.1, -0.05) is 29.5 Å². The molecule has 0 saturated carbocycles. The highest BCUT2D eigenvalue weighted by Gasteiger charge is 2.12. The minimum atomic E-state index is -0.102. The molecule has 0 fully saturated rings. The number of nitrogens with one attached hydrogen (secondary N) is 1. The van der Waals surface area contributed by atoms with Crippen molar-refractivity contribution in [2.75, 3.05) is 25.5 Å².